The molecule has 2 N–H and O–H groups in total. The zero-order chi connectivity index (χ0) is 9.78. The van der Waals surface area contributed by atoms with Crippen LogP contribution in [0, 0.1) is 0 Å². The summed E-state index contributed by atoms with van der Waals surface area (Å²) in [5.74, 6) is -1.10. The van der Waals surface area contributed by atoms with Crippen LogP contribution in [-0.2, 0) is 13.9 Å². The smallest absolute Gasteiger partial charge is 0.252 e. The summed E-state index contributed by atoms with van der Waals surface area (Å²) in [4.78, 5) is 10.3. The maximum absolute atomic E-state index is 12.7. The molecule has 0 aliphatic heterocycles. The largest absolute Gasteiger partial charge is 0.367 e. The Balaban J connectivity index is 4.22. The Morgan fingerprint density at radius 2 is 2.25 bits per heavy atom. The van der Waals surface area contributed by atoms with Gasteiger partial charge in [-0.15, -0.1) is 0 Å². The van der Waals surface area contributed by atoms with Gasteiger partial charge in [-0.05, 0) is 0 Å². The average Bonchev–Trinajstić information content (AvgIpc) is 2.04. The van der Waals surface area contributed by atoms with Gasteiger partial charge in [0.1, 0.15) is 0 Å². The van der Waals surface area contributed by atoms with E-state index < -0.39 is 25.6 Å². The summed E-state index contributed by atoms with van der Waals surface area (Å²) in [7, 11) is -1.73. The van der Waals surface area contributed by atoms with Crippen molar-refractivity contribution in [2.75, 3.05) is 19.4 Å². The van der Waals surface area contributed by atoms with Gasteiger partial charge in [-0.25, -0.2) is 4.39 Å². The summed E-state index contributed by atoms with van der Waals surface area (Å²) in [6.45, 7) is 1.61. The molecule has 0 spiro atoms. The number of carbonyl (C=O) groups is 1. The minimum Gasteiger partial charge on any atom is -0.367 e. The number of alkyl halides is 1. The van der Waals surface area contributed by atoms with E-state index in [1.54, 1.807) is 6.92 Å². The van der Waals surface area contributed by atoms with Gasteiger partial charge >= 0.3 is 0 Å². The van der Waals surface area contributed by atoms with E-state index in [0.29, 0.717) is 0 Å². The SMILES string of the molecule is CCP(=O)(CC(F)C(N)=O)OC. The number of halogens is 1. The lowest BCUT2D eigenvalue weighted by Crippen LogP contribution is -2.28. The molecule has 0 aliphatic carbocycles. The van der Waals surface area contributed by atoms with E-state index in [1.165, 1.54) is 7.11 Å². The molecule has 4 nitrogen and oxygen atoms in total. The average molecular weight is 197 g/mol. The van der Waals surface area contributed by atoms with Crippen molar-refractivity contribution in [1.82, 2.24) is 0 Å². The van der Waals surface area contributed by atoms with Gasteiger partial charge in [0.15, 0.2) is 6.17 Å². The second-order valence-electron chi connectivity index (χ2n) is 2.37. The third-order valence-corrected chi connectivity index (χ3v) is 4.07. The van der Waals surface area contributed by atoms with E-state index in [1.807, 2.05) is 0 Å². The van der Waals surface area contributed by atoms with Gasteiger partial charge in [0.05, 0.1) is 6.16 Å². The van der Waals surface area contributed by atoms with Gasteiger partial charge < -0.3 is 10.3 Å². The fourth-order valence-corrected chi connectivity index (χ4v) is 2.00. The highest BCUT2D eigenvalue weighted by Gasteiger charge is 2.27. The third kappa shape index (κ3) is 3.32. The molecule has 0 aromatic rings. The number of primary amides is 1. The lowest BCUT2D eigenvalue weighted by atomic mass is 10.4. The van der Waals surface area contributed by atoms with Crippen molar-refractivity contribution in [3.63, 3.8) is 0 Å². The minimum atomic E-state index is -2.97. The Hall–Kier alpha value is -0.410. The van der Waals surface area contributed by atoms with Crippen LogP contribution in [0.5, 0.6) is 0 Å². The van der Waals surface area contributed by atoms with E-state index in [0.717, 1.165) is 0 Å². The summed E-state index contributed by atoms with van der Waals surface area (Å²) < 4.78 is 28.7. The van der Waals surface area contributed by atoms with Crippen LogP contribution in [0.25, 0.3) is 0 Å². The Labute approximate surface area is 70.7 Å². The van der Waals surface area contributed by atoms with Gasteiger partial charge in [-0.3, -0.25) is 9.36 Å². The summed E-state index contributed by atoms with van der Waals surface area (Å²) in [6, 6.07) is 0. The van der Waals surface area contributed by atoms with Gasteiger partial charge in [-0.2, -0.15) is 0 Å². The quantitative estimate of drug-likeness (QED) is 0.661. The van der Waals surface area contributed by atoms with Crippen molar-refractivity contribution < 1.29 is 18.3 Å². The van der Waals surface area contributed by atoms with Crippen molar-refractivity contribution in [2.24, 2.45) is 5.73 Å². The van der Waals surface area contributed by atoms with Crippen molar-refractivity contribution in [1.29, 1.82) is 0 Å². The molecule has 0 bridgehead atoms. The second kappa shape index (κ2) is 4.58. The van der Waals surface area contributed by atoms with Crippen molar-refractivity contribution in [3.8, 4) is 0 Å². The van der Waals surface area contributed by atoms with Crippen LogP contribution >= 0.6 is 7.37 Å². The van der Waals surface area contributed by atoms with Crippen LogP contribution in [0.2, 0.25) is 0 Å². The van der Waals surface area contributed by atoms with E-state index in [4.69, 9.17) is 0 Å². The molecule has 0 fully saturated rings. The molecule has 0 aromatic heterocycles. The molecular formula is C6H13FNO3P. The van der Waals surface area contributed by atoms with Crippen LogP contribution in [0.15, 0.2) is 0 Å². The molecule has 6 heteroatoms. The molecule has 72 valence electrons. The summed E-state index contributed by atoms with van der Waals surface area (Å²) in [5.41, 5.74) is 4.66. The molecule has 0 rings (SSSR count). The molecule has 1 amide bonds. The lowest BCUT2D eigenvalue weighted by Gasteiger charge is -2.14. The van der Waals surface area contributed by atoms with Crippen LogP contribution < -0.4 is 5.73 Å². The molecule has 0 heterocycles. The van der Waals surface area contributed by atoms with Gasteiger partial charge in [-0.1, -0.05) is 6.92 Å². The first-order valence-corrected chi connectivity index (χ1v) is 5.52. The number of amides is 1. The second-order valence-corrected chi connectivity index (χ2v) is 5.36. The fraction of sp³-hybridized carbons (Fsp3) is 0.833. The molecule has 0 aliphatic rings. The standard InChI is InChI=1S/C6H13FNO3P/c1-3-12(10,11-2)4-5(7)6(8)9/h5H,3-4H2,1-2H3,(H2,8,9). The Bertz CT molecular complexity index is 201. The topological polar surface area (TPSA) is 69.4 Å². The highest BCUT2D eigenvalue weighted by molar-refractivity contribution is 7.59. The number of nitrogens with two attached hydrogens (primary N) is 1. The highest BCUT2D eigenvalue weighted by atomic mass is 31.2. The molecular weight excluding hydrogens is 184 g/mol. The maximum Gasteiger partial charge on any atom is 0.252 e. The zero-order valence-electron chi connectivity index (χ0n) is 7.12. The maximum atomic E-state index is 12.7. The van der Waals surface area contributed by atoms with Gasteiger partial charge in [0, 0.05) is 13.3 Å². The fourth-order valence-electron chi connectivity index (χ4n) is 0.667. The number of hydrogen-bond donors (Lipinski definition) is 1. The summed E-state index contributed by atoms with van der Waals surface area (Å²) in [5, 5.41) is 0. The number of rotatable bonds is 5. The Kier molecular flexibility index (Phi) is 4.42. The Morgan fingerprint density at radius 1 is 1.75 bits per heavy atom. The molecule has 0 aromatic carbocycles. The monoisotopic (exact) mass is 197 g/mol. The van der Waals surface area contributed by atoms with Crippen molar-refractivity contribution >= 4 is 13.3 Å². The predicted molar refractivity (Wildman–Crippen MR) is 44.1 cm³/mol. The first-order valence-electron chi connectivity index (χ1n) is 3.52. The van der Waals surface area contributed by atoms with E-state index in [2.05, 4.69) is 10.3 Å². The lowest BCUT2D eigenvalue weighted by molar-refractivity contribution is -0.122. The van der Waals surface area contributed by atoms with E-state index >= 15 is 0 Å². The van der Waals surface area contributed by atoms with Crippen molar-refractivity contribution in [3.05, 3.63) is 0 Å². The summed E-state index contributed by atoms with van der Waals surface area (Å²) >= 11 is 0. The number of carbonyl (C=O) groups excluding carboxylic acids is 1. The van der Waals surface area contributed by atoms with Crippen LogP contribution in [0.4, 0.5) is 4.39 Å². The van der Waals surface area contributed by atoms with Crippen molar-refractivity contribution in [2.45, 2.75) is 13.1 Å². The molecule has 2 unspecified atom stereocenters. The summed E-state index contributed by atoms with van der Waals surface area (Å²) in [6.07, 6.45) is -2.09. The first-order chi connectivity index (χ1) is 5.45. The molecule has 0 radical (unpaired) electrons. The predicted octanol–water partition coefficient (Wildman–Crippen LogP) is 0.754. The minimum absolute atomic E-state index is 0.206. The molecule has 12 heavy (non-hydrogen) atoms. The zero-order valence-corrected chi connectivity index (χ0v) is 8.01. The van der Waals surface area contributed by atoms with E-state index in [-0.39, 0.29) is 6.16 Å². The van der Waals surface area contributed by atoms with Gasteiger partial charge in [0.25, 0.3) is 5.91 Å². The number of hydrogen-bond acceptors (Lipinski definition) is 3. The highest BCUT2D eigenvalue weighted by Crippen LogP contribution is 2.46. The normalized spacial score (nSPS) is 18.2. The molecule has 0 saturated carbocycles. The van der Waals surface area contributed by atoms with Crippen LogP contribution in [0.1, 0.15) is 6.92 Å². The first kappa shape index (κ1) is 11.6. The van der Waals surface area contributed by atoms with Crippen LogP contribution in [-0.4, -0.2) is 31.5 Å². The van der Waals surface area contributed by atoms with E-state index in [9.17, 15) is 13.8 Å². The van der Waals surface area contributed by atoms with Gasteiger partial charge in [0.2, 0.25) is 7.37 Å². The Morgan fingerprint density at radius 3 is 2.50 bits per heavy atom. The molecule has 0 saturated heterocycles. The third-order valence-electron chi connectivity index (χ3n) is 1.56. The molecule has 2 atom stereocenters. The van der Waals surface area contributed by atoms with Crippen LogP contribution in [0.3, 0.4) is 0 Å².